The molecule has 4 heterocycles. The second kappa shape index (κ2) is 7.93. The highest BCUT2D eigenvalue weighted by atomic mass is 16.5. The van der Waals surface area contributed by atoms with E-state index in [2.05, 4.69) is 59.2 Å². The molecule has 0 N–H and O–H groups in total. The molecule has 4 aromatic heterocycles. The molecule has 9 nitrogen and oxygen atoms in total. The summed E-state index contributed by atoms with van der Waals surface area (Å²) in [6, 6.07) is 13.7. The number of fused-ring (bicyclic) bond motifs is 3. The van der Waals surface area contributed by atoms with E-state index in [9.17, 15) is 0 Å². The first-order valence-electron chi connectivity index (χ1n) is 10.7. The summed E-state index contributed by atoms with van der Waals surface area (Å²) in [4.78, 5) is 6.77. The van der Waals surface area contributed by atoms with Crippen molar-refractivity contribution in [2.75, 3.05) is 14.1 Å². The van der Waals surface area contributed by atoms with E-state index in [-0.39, 0.29) is 12.1 Å². The van der Waals surface area contributed by atoms with Crippen molar-refractivity contribution >= 4 is 16.4 Å². The van der Waals surface area contributed by atoms with Crippen LogP contribution >= 0.6 is 0 Å². The lowest BCUT2D eigenvalue weighted by Gasteiger charge is -2.32. The zero-order chi connectivity index (χ0) is 23.2. The SMILES string of the molecule is Cc1cc(-c2nnc3c4ccccc4c(OCc4ccc(C(C)(C)N(C)C)cn4)nn23)no1. The number of rotatable bonds is 6. The monoisotopic (exact) mass is 443 g/mol. The van der Waals surface area contributed by atoms with E-state index in [0.717, 1.165) is 22.0 Å². The van der Waals surface area contributed by atoms with Gasteiger partial charge in [0, 0.05) is 28.6 Å². The number of aromatic nitrogens is 6. The molecule has 0 atom stereocenters. The maximum atomic E-state index is 6.15. The molecule has 9 heteroatoms. The fraction of sp³-hybridized carbons (Fsp3) is 0.292. The predicted molar refractivity (Wildman–Crippen MR) is 124 cm³/mol. The van der Waals surface area contributed by atoms with Gasteiger partial charge in [-0.25, -0.2) is 0 Å². The Morgan fingerprint density at radius 2 is 1.85 bits per heavy atom. The zero-order valence-corrected chi connectivity index (χ0v) is 19.3. The van der Waals surface area contributed by atoms with E-state index in [4.69, 9.17) is 14.4 Å². The lowest BCUT2D eigenvalue weighted by Crippen LogP contribution is -2.35. The van der Waals surface area contributed by atoms with E-state index in [1.807, 2.05) is 43.5 Å². The molecule has 0 unspecified atom stereocenters. The van der Waals surface area contributed by atoms with Crippen molar-refractivity contribution < 1.29 is 9.26 Å². The van der Waals surface area contributed by atoms with Crippen LogP contribution in [0, 0.1) is 6.92 Å². The molecule has 168 valence electrons. The number of aryl methyl sites for hydroxylation is 1. The van der Waals surface area contributed by atoms with Crippen molar-refractivity contribution in [3.05, 3.63) is 65.7 Å². The molecular formula is C24H25N7O2. The summed E-state index contributed by atoms with van der Waals surface area (Å²) in [6.45, 7) is 6.44. The summed E-state index contributed by atoms with van der Waals surface area (Å²) in [7, 11) is 4.12. The Balaban J connectivity index is 1.50. The number of pyridine rings is 1. The van der Waals surface area contributed by atoms with Crippen LogP contribution in [0.25, 0.3) is 27.9 Å². The van der Waals surface area contributed by atoms with Crippen LogP contribution in [0.3, 0.4) is 0 Å². The Bertz CT molecular complexity index is 1430. The first-order chi connectivity index (χ1) is 15.8. The molecule has 0 aliphatic heterocycles. The van der Waals surface area contributed by atoms with E-state index < -0.39 is 0 Å². The molecule has 0 bridgehead atoms. The molecule has 5 aromatic rings. The quantitative estimate of drug-likeness (QED) is 0.388. The number of benzene rings is 1. The van der Waals surface area contributed by atoms with Crippen LogP contribution in [0.2, 0.25) is 0 Å². The molecule has 0 amide bonds. The first kappa shape index (κ1) is 21.0. The van der Waals surface area contributed by atoms with Gasteiger partial charge in [-0.2, -0.15) is 4.52 Å². The van der Waals surface area contributed by atoms with Gasteiger partial charge in [0.05, 0.1) is 5.69 Å². The number of nitrogens with zero attached hydrogens (tertiary/aromatic N) is 7. The van der Waals surface area contributed by atoms with E-state index >= 15 is 0 Å². The normalized spacial score (nSPS) is 12.2. The molecule has 33 heavy (non-hydrogen) atoms. The smallest absolute Gasteiger partial charge is 0.240 e. The lowest BCUT2D eigenvalue weighted by molar-refractivity contribution is 0.197. The molecule has 5 rings (SSSR count). The molecule has 0 radical (unpaired) electrons. The van der Waals surface area contributed by atoms with Crippen LogP contribution in [0.15, 0.2) is 53.2 Å². The third-order valence-corrected chi connectivity index (χ3v) is 6.09. The average Bonchev–Trinajstić information content (AvgIpc) is 3.43. The van der Waals surface area contributed by atoms with Crippen molar-refractivity contribution in [1.82, 2.24) is 34.9 Å². The van der Waals surface area contributed by atoms with Gasteiger partial charge >= 0.3 is 0 Å². The molecule has 0 spiro atoms. The predicted octanol–water partition coefficient (Wildman–Crippen LogP) is 4.01. The van der Waals surface area contributed by atoms with Crippen molar-refractivity contribution in [3.8, 4) is 17.4 Å². The van der Waals surface area contributed by atoms with Crippen molar-refractivity contribution in [2.24, 2.45) is 0 Å². The molecular weight excluding hydrogens is 418 g/mol. The summed E-state index contributed by atoms with van der Waals surface area (Å²) in [5.41, 5.74) is 3.03. The Morgan fingerprint density at radius 3 is 2.52 bits per heavy atom. The fourth-order valence-corrected chi connectivity index (χ4v) is 3.56. The van der Waals surface area contributed by atoms with Gasteiger partial charge in [0.2, 0.25) is 11.7 Å². The molecule has 0 aliphatic carbocycles. The van der Waals surface area contributed by atoms with Crippen LogP contribution in [0.4, 0.5) is 0 Å². The maximum Gasteiger partial charge on any atom is 0.240 e. The largest absolute Gasteiger partial charge is 0.470 e. The molecule has 1 aromatic carbocycles. The standard InChI is InChI=1S/C24H25N7O2/c1-15-12-20(29-33-15)22-27-26-21-18-8-6-7-9-19(18)23(28-31(21)22)32-14-17-11-10-16(13-25-17)24(2,3)30(4)5/h6-13H,14H2,1-5H3. The van der Waals surface area contributed by atoms with Crippen LogP contribution in [-0.4, -0.2) is 48.9 Å². The summed E-state index contributed by atoms with van der Waals surface area (Å²) in [5, 5.41) is 19.1. The molecule has 0 fully saturated rings. The third-order valence-electron chi connectivity index (χ3n) is 6.09. The first-order valence-corrected chi connectivity index (χ1v) is 10.7. The Labute approximate surface area is 191 Å². The summed E-state index contributed by atoms with van der Waals surface area (Å²) in [5.74, 6) is 1.65. The van der Waals surface area contributed by atoms with Gasteiger partial charge < -0.3 is 14.2 Å². The summed E-state index contributed by atoms with van der Waals surface area (Å²) >= 11 is 0. The van der Waals surface area contributed by atoms with Gasteiger partial charge in [0.25, 0.3) is 0 Å². The van der Waals surface area contributed by atoms with Gasteiger partial charge in [0.15, 0.2) is 11.3 Å². The van der Waals surface area contributed by atoms with Crippen molar-refractivity contribution in [2.45, 2.75) is 32.9 Å². The van der Waals surface area contributed by atoms with Gasteiger partial charge in [-0.3, -0.25) is 4.98 Å². The second-order valence-corrected chi connectivity index (χ2v) is 8.71. The van der Waals surface area contributed by atoms with Crippen molar-refractivity contribution in [3.63, 3.8) is 0 Å². The van der Waals surface area contributed by atoms with Crippen LogP contribution in [-0.2, 0) is 12.1 Å². The van der Waals surface area contributed by atoms with Crippen LogP contribution in [0.1, 0.15) is 30.9 Å². The number of hydrogen-bond acceptors (Lipinski definition) is 8. The number of ether oxygens (including phenoxy) is 1. The highest BCUT2D eigenvalue weighted by molar-refractivity contribution is 5.96. The minimum absolute atomic E-state index is 0.112. The Hall–Kier alpha value is -3.85. The summed E-state index contributed by atoms with van der Waals surface area (Å²) < 4.78 is 13.0. The molecule has 0 aliphatic rings. The van der Waals surface area contributed by atoms with E-state index in [0.29, 0.717) is 28.8 Å². The minimum Gasteiger partial charge on any atom is -0.470 e. The summed E-state index contributed by atoms with van der Waals surface area (Å²) in [6.07, 6.45) is 1.90. The van der Waals surface area contributed by atoms with E-state index in [1.54, 1.807) is 10.6 Å². The maximum absolute atomic E-state index is 6.15. The van der Waals surface area contributed by atoms with E-state index in [1.165, 1.54) is 0 Å². The Morgan fingerprint density at radius 1 is 1.06 bits per heavy atom. The van der Waals surface area contributed by atoms with Crippen molar-refractivity contribution in [1.29, 1.82) is 0 Å². The van der Waals surface area contributed by atoms with Crippen LogP contribution < -0.4 is 4.74 Å². The minimum atomic E-state index is -0.112. The van der Waals surface area contributed by atoms with Gasteiger partial charge in [0.1, 0.15) is 12.4 Å². The van der Waals surface area contributed by atoms with Gasteiger partial charge in [-0.05, 0) is 52.6 Å². The third kappa shape index (κ3) is 3.70. The highest BCUT2D eigenvalue weighted by Crippen LogP contribution is 2.29. The van der Waals surface area contributed by atoms with Gasteiger partial charge in [-0.1, -0.05) is 29.4 Å². The lowest BCUT2D eigenvalue weighted by atomic mass is 9.94. The zero-order valence-electron chi connectivity index (χ0n) is 19.3. The molecule has 0 saturated carbocycles. The fourth-order valence-electron chi connectivity index (χ4n) is 3.56. The topological polar surface area (TPSA) is 94.5 Å². The second-order valence-electron chi connectivity index (χ2n) is 8.71. The van der Waals surface area contributed by atoms with Crippen LogP contribution in [0.5, 0.6) is 5.88 Å². The van der Waals surface area contributed by atoms with Gasteiger partial charge in [-0.15, -0.1) is 15.3 Å². The number of hydrogen-bond donors (Lipinski definition) is 0. The molecule has 0 saturated heterocycles. The highest BCUT2D eigenvalue weighted by Gasteiger charge is 2.23. The average molecular weight is 444 g/mol. The Kier molecular flexibility index (Phi) is 5.05.